The third-order valence-electron chi connectivity index (χ3n) is 4.07. The Morgan fingerprint density at radius 3 is 2.30 bits per heavy atom. The second-order valence-electron chi connectivity index (χ2n) is 5.95. The summed E-state index contributed by atoms with van der Waals surface area (Å²) in [7, 11) is -3.85. The number of benzene rings is 2. The molecule has 0 aliphatic carbocycles. The third-order valence-corrected chi connectivity index (χ3v) is 6.35. The van der Waals surface area contributed by atoms with Gasteiger partial charge in [-0.15, -0.1) is 0 Å². The number of nitrogens with one attached hydrogen (secondary N) is 1. The maximum absolute atomic E-state index is 13.2. The van der Waals surface area contributed by atoms with E-state index in [0.29, 0.717) is 11.1 Å². The molecule has 7 heteroatoms. The number of hydrogen-bond donors (Lipinski definition) is 1. The molecule has 0 aliphatic rings. The molecule has 0 fully saturated rings. The minimum Gasteiger partial charge on any atom is -0.462 e. The van der Waals surface area contributed by atoms with Crippen molar-refractivity contribution in [3.63, 3.8) is 0 Å². The molecule has 1 N–H and O–H groups in total. The monoisotopic (exact) mass is 447 g/mol. The number of aryl methyl sites for hydroxylation is 1. The average Bonchev–Trinajstić information content (AvgIpc) is 3.09. The Labute approximate surface area is 166 Å². The number of hydrogen-bond acceptors (Lipinski definition) is 4. The van der Waals surface area contributed by atoms with Gasteiger partial charge >= 0.3 is 5.97 Å². The fourth-order valence-electron chi connectivity index (χ4n) is 2.72. The maximum atomic E-state index is 13.2. The first-order valence-electron chi connectivity index (χ1n) is 8.30. The van der Waals surface area contributed by atoms with Gasteiger partial charge in [-0.1, -0.05) is 45.8 Å². The number of halogens is 1. The van der Waals surface area contributed by atoms with E-state index in [0.717, 1.165) is 10.0 Å². The van der Waals surface area contributed by atoms with Crippen LogP contribution in [0.15, 0.2) is 69.1 Å². The molecular weight excluding hydrogens is 430 g/mol. The van der Waals surface area contributed by atoms with E-state index in [-0.39, 0.29) is 22.1 Å². The van der Waals surface area contributed by atoms with Gasteiger partial charge < -0.3 is 9.72 Å². The topological polar surface area (TPSA) is 76.2 Å². The molecule has 0 aliphatic heterocycles. The van der Waals surface area contributed by atoms with Crippen LogP contribution in [-0.2, 0) is 14.6 Å². The van der Waals surface area contributed by atoms with Crippen LogP contribution >= 0.6 is 15.9 Å². The van der Waals surface area contributed by atoms with Gasteiger partial charge in [0.2, 0.25) is 9.84 Å². The zero-order valence-corrected chi connectivity index (χ0v) is 17.2. The summed E-state index contributed by atoms with van der Waals surface area (Å²) in [5.74, 6) is -0.572. The van der Waals surface area contributed by atoms with Crippen LogP contribution in [0.5, 0.6) is 0 Å². The quantitative estimate of drug-likeness (QED) is 0.571. The first-order chi connectivity index (χ1) is 12.8. The van der Waals surface area contributed by atoms with Crippen molar-refractivity contribution in [2.75, 3.05) is 6.61 Å². The van der Waals surface area contributed by atoms with Crippen molar-refractivity contribution in [2.24, 2.45) is 0 Å². The molecule has 3 aromatic rings. The van der Waals surface area contributed by atoms with Crippen LogP contribution in [0.1, 0.15) is 22.8 Å². The number of H-pyrrole nitrogens is 1. The van der Waals surface area contributed by atoms with Gasteiger partial charge in [-0.05, 0) is 43.7 Å². The van der Waals surface area contributed by atoms with E-state index in [4.69, 9.17) is 4.74 Å². The van der Waals surface area contributed by atoms with Gasteiger partial charge in [0.15, 0.2) is 0 Å². The van der Waals surface area contributed by atoms with Crippen LogP contribution in [0.3, 0.4) is 0 Å². The highest BCUT2D eigenvalue weighted by molar-refractivity contribution is 9.10. The highest BCUT2D eigenvalue weighted by Gasteiger charge is 2.29. The molecule has 140 valence electrons. The van der Waals surface area contributed by atoms with E-state index in [1.165, 1.54) is 6.20 Å². The molecule has 0 unspecified atom stereocenters. The SMILES string of the molecule is CCOC(=O)c1c[nH]c(S(=O)(=O)c2ccc(C)cc2)c1-c1ccc(Br)cc1. The molecule has 0 bridgehead atoms. The van der Waals surface area contributed by atoms with Gasteiger partial charge in [-0.25, -0.2) is 13.2 Å². The number of aromatic amines is 1. The smallest absolute Gasteiger partial charge is 0.340 e. The van der Waals surface area contributed by atoms with Crippen LogP contribution in [-0.4, -0.2) is 26.0 Å². The van der Waals surface area contributed by atoms with E-state index in [9.17, 15) is 13.2 Å². The van der Waals surface area contributed by atoms with Crippen molar-refractivity contribution in [3.05, 3.63) is 70.3 Å². The van der Waals surface area contributed by atoms with Crippen molar-refractivity contribution >= 4 is 31.7 Å². The number of carbonyl (C=O) groups excluding carboxylic acids is 1. The molecule has 2 aromatic carbocycles. The maximum Gasteiger partial charge on any atom is 0.340 e. The molecule has 0 atom stereocenters. The number of esters is 1. The van der Waals surface area contributed by atoms with E-state index in [1.54, 1.807) is 55.5 Å². The fraction of sp³-hybridized carbons (Fsp3) is 0.150. The average molecular weight is 448 g/mol. The summed E-state index contributed by atoms with van der Waals surface area (Å²) in [4.78, 5) is 15.3. The number of carbonyl (C=O) groups is 1. The molecular formula is C20H18BrNO4S. The van der Waals surface area contributed by atoms with E-state index < -0.39 is 15.8 Å². The lowest BCUT2D eigenvalue weighted by atomic mass is 10.1. The van der Waals surface area contributed by atoms with Gasteiger partial charge in [0.25, 0.3) is 0 Å². The van der Waals surface area contributed by atoms with E-state index in [2.05, 4.69) is 20.9 Å². The lowest BCUT2D eigenvalue weighted by Gasteiger charge is -2.09. The molecule has 0 radical (unpaired) electrons. The lowest BCUT2D eigenvalue weighted by Crippen LogP contribution is -2.07. The number of sulfone groups is 1. The van der Waals surface area contributed by atoms with Gasteiger partial charge in [-0.3, -0.25) is 0 Å². The summed E-state index contributed by atoms with van der Waals surface area (Å²) in [5, 5.41) is -0.0308. The Morgan fingerprint density at radius 1 is 1.07 bits per heavy atom. The van der Waals surface area contributed by atoms with Crippen molar-refractivity contribution in [1.82, 2.24) is 4.98 Å². The molecule has 3 rings (SSSR count). The summed E-state index contributed by atoms with van der Waals surface area (Å²) in [5.41, 5.74) is 2.06. The first kappa shape index (κ1) is 19.4. The number of rotatable bonds is 5. The van der Waals surface area contributed by atoms with E-state index in [1.807, 2.05) is 6.92 Å². The first-order valence-corrected chi connectivity index (χ1v) is 10.6. The summed E-state index contributed by atoms with van der Waals surface area (Å²) in [6.07, 6.45) is 1.39. The Hall–Kier alpha value is -2.38. The molecule has 5 nitrogen and oxygen atoms in total. The number of ether oxygens (including phenoxy) is 1. The van der Waals surface area contributed by atoms with Crippen molar-refractivity contribution in [3.8, 4) is 11.1 Å². The van der Waals surface area contributed by atoms with Crippen LogP contribution < -0.4 is 0 Å². The minimum absolute atomic E-state index is 0.0308. The molecule has 0 amide bonds. The summed E-state index contributed by atoms with van der Waals surface area (Å²) < 4.78 is 32.4. The summed E-state index contributed by atoms with van der Waals surface area (Å²) in [6, 6.07) is 13.7. The van der Waals surface area contributed by atoms with Crippen LogP contribution in [0.2, 0.25) is 0 Å². The predicted octanol–water partition coefficient (Wildman–Crippen LogP) is 4.76. The zero-order valence-electron chi connectivity index (χ0n) is 14.8. The molecule has 0 saturated carbocycles. The Balaban J connectivity index is 2.22. The van der Waals surface area contributed by atoms with Crippen LogP contribution in [0.25, 0.3) is 11.1 Å². The standard InChI is InChI=1S/C20H18BrNO4S/c1-3-26-20(23)17-12-22-19(18(17)14-6-8-15(21)9-7-14)27(24,25)16-10-4-13(2)5-11-16/h4-12,22H,3H2,1-2H3. The lowest BCUT2D eigenvalue weighted by molar-refractivity contribution is 0.0527. The van der Waals surface area contributed by atoms with Crippen LogP contribution in [0, 0.1) is 6.92 Å². The minimum atomic E-state index is -3.85. The largest absolute Gasteiger partial charge is 0.462 e. The molecule has 0 saturated heterocycles. The van der Waals surface area contributed by atoms with Gasteiger partial charge in [0.1, 0.15) is 5.03 Å². The van der Waals surface area contributed by atoms with Gasteiger partial charge in [0, 0.05) is 16.2 Å². The fourth-order valence-corrected chi connectivity index (χ4v) is 4.43. The Morgan fingerprint density at radius 2 is 1.70 bits per heavy atom. The Bertz CT molecular complexity index is 1070. The molecule has 1 aromatic heterocycles. The molecule has 0 spiro atoms. The molecule has 27 heavy (non-hydrogen) atoms. The predicted molar refractivity (Wildman–Crippen MR) is 107 cm³/mol. The summed E-state index contributed by atoms with van der Waals surface area (Å²) in [6.45, 7) is 3.79. The van der Waals surface area contributed by atoms with Crippen molar-refractivity contribution < 1.29 is 17.9 Å². The van der Waals surface area contributed by atoms with Gasteiger partial charge in [0.05, 0.1) is 17.1 Å². The normalized spacial score (nSPS) is 11.4. The second kappa shape index (κ2) is 7.70. The van der Waals surface area contributed by atoms with Gasteiger partial charge in [-0.2, -0.15) is 0 Å². The molecule has 1 heterocycles. The zero-order chi connectivity index (χ0) is 19.6. The highest BCUT2D eigenvalue weighted by atomic mass is 79.9. The summed E-state index contributed by atoms with van der Waals surface area (Å²) >= 11 is 3.36. The third kappa shape index (κ3) is 3.84. The highest BCUT2D eigenvalue weighted by Crippen LogP contribution is 2.35. The van der Waals surface area contributed by atoms with Crippen molar-refractivity contribution in [2.45, 2.75) is 23.8 Å². The van der Waals surface area contributed by atoms with Crippen molar-refractivity contribution in [1.29, 1.82) is 0 Å². The van der Waals surface area contributed by atoms with E-state index >= 15 is 0 Å². The Kier molecular flexibility index (Phi) is 5.53. The van der Waals surface area contributed by atoms with Crippen LogP contribution in [0.4, 0.5) is 0 Å². The number of aromatic nitrogens is 1. The second-order valence-corrected chi connectivity index (χ2v) is 8.75.